The molecule has 0 saturated heterocycles. The quantitative estimate of drug-likeness (QED) is 0.762. The second-order valence-corrected chi connectivity index (χ2v) is 6.18. The average Bonchev–Trinajstić information content (AvgIpc) is 3.06. The number of benzene rings is 1. The molecule has 0 aliphatic carbocycles. The Morgan fingerprint density at radius 1 is 1.32 bits per heavy atom. The zero-order valence-corrected chi connectivity index (χ0v) is 14.2. The molecule has 0 spiro atoms. The maximum atomic E-state index is 13.7. The van der Waals surface area contributed by atoms with Crippen LogP contribution in [0.15, 0.2) is 39.2 Å². The predicted octanol–water partition coefficient (Wildman–Crippen LogP) is 1.55. The van der Waals surface area contributed by atoms with Gasteiger partial charge in [0.05, 0.1) is 12.6 Å². The smallest absolute Gasteiger partial charge is 0.331 e. The topological polar surface area (TPSA) is 82.3 Å². The number of methoxy groups -OCH3 is 1. The molecule has 0 saturated carbocycles. The van der Waals surface area contributed by atoms with E-state index in [9.17, 15) is 18.8 Å². The number of fused-ring (bicyclic) bond motifs is 1. The van der Waals surface area contributed by atoms with Crippen molar-refractivity contribution in [2.75, 3.05) is 12.4 Å². The van der Waals surface area contributed by atoms with Gasteiger partial charge in [0.2, 0.25) is 5.91 Å². The Kier molecular flexibility index (Phi) is 4.41. The highest BCUT2D eigenvalue weighted by Gasteiger charge is 2.15. The lowest BCUT2D eigenvalue weighted by molar-refractivity contribution is -0.116. The van der Waals surface area contributed by atoms with E-state index >= 15 is 0 Å². The summed E-state index contributed by atoms with van der Waals surface area (Å²) in [5, 5.41) is 4.20. The van der Waals surface area contributed by atoms with E-state index < -0.39 is 23.0 Å². The summed E-state index contributed by atoms with van der Waals surface area (Å²) < 4.78 is 21.1. The number of carbonyl (C=O) groups is 1. The number of carbonyl (C=O) groups excluding carboxylic acids is 1. The van der Waals surface area contributed by atoms with Crippen molar-refractivity contribution in [1.29, 1.82) is 0 Å². The van der Waals surface area contributed by atoms with E-state index in [1.165, 1.54) is 42.2 Å². The number of hydrogen-bond donors (Lipinski definition) is 1. The molecule has 0 bridgehead atoms. The molecule has 25 heavy (non-hydrogen) atoms. The van der Waals surface area contributed by atoms with Crippen LogP contribution in [0.1, 0.15) is 0 Å². The lowest BCUT2D eigenvalue weighted by Gasteiger charge is -2.11. The fraction of sp³-hybridized carbons (Fsp3) is 0.188. The number of hydrogen-bond acceptors (Lipinski definition) is 5. The molecular formula is C16H14FN3O4S. The maximum absolute atomic E-state index is 13.7. The van der Waals surface area contributed by atoms with Crippen molar-refractivity contribution in [2.45, 2.75) is 6.54 Å². The molecule has 2 aromatic heterocycles. The molecule has 130 valence electrons. The molecular weight excluding hydrogens is 349 g/mol. The fourth-order valence-electron chi connectivity index (χ4n) is 2.44. The van der Waals surface area contributed by atoms with Crippen LogP contribution in [0.4, 0.5) is 10.1 Å². The van der Waals surface area contributed by atoms with Crippen LogP contribution in [0, 0.1) is 5.82 Å². The van der Waals surface area contributed by atoms with Gasteiger partial charge in [0.15, 0.2) is 11.6 Å². The summed E-state index contributed by atoms with van der Waals surface area (Å²) in [4.78, 5) is 36.6. The first-order valence-corrected chi connectivity index (χ1v) is 8.10. The highest BCUT2D eigenvalue weighted by atomic mass is 32.1. The molecule has 7 nitrogen and oxygen atoms in total. The Hall–Kier alpha value is -2.94. The van der Waals surface area contributed by atoms with Crippen molar-refractivity contribution in [1.82, 2.24) is 9.13 Å². The lowest BCUT2D eigenvalue weighted by atomic mass is 10.3. The molecule has 1 amide bonds. The Balaban J connectivity index is 1.90. The number of ether oxygens (including phenoxy) is 1. The van der Waals surface area contributed by atoms with Crippen LogP contribution in [0.3, 0.4) is 0 Å². The molecule has 0 fully saturated rings. The van der Waals surface area contributed by atoms with Crippen LogP contribution in [0.25, 0.3) is 10.2 Å². The Morgan fingerprint density at radius 3 is 2.76 bits per heavy atom. The van der Waals surface area contributed by atoms with Gasteiger partial charge in [-0.15, -0.1) is 11.3 Å². The molecule has 3 aromatic rings. The third-order valence-electron chi connectivity index (χ3n) is 3.69. The van der Waals surface area contributed by atoms with Crippen molar-refractivity contribution >= 4 is 33.1 Å². The summed E-state index contributed by atoms with van der Waals surface area (Å²) in [6.07, 6.45) is 0. The fourth-order valence-corrected chi connectivity index (χ4v) is 3.31. The molecule has 1 N–H and O–H groups in total. The Bertz CT molecular complexity index is 1080. The summed E-state index contributed by atoms with van der Waals surface area (Å²) in [6, 6.07) is 5.62. The minimum absolute atomic E-state index is 0.0623. The number of nitrogens with one attached hydrogen (secondary N) is 1. The van der Waals surface area contributed by atoms with Gasteiger partial charge >= 0.3 is 5.69 Å². The zero-order chi connectivity index (χ0) is 18.1. The number of nitrogens with zero attached hydrogens (tertiary/aromatic N) is 2. The first-order chi connectivity index (χ1) is 11.9. The molecule has 9 heteroatoms. The number of amides is 1. The molecule has 0 atom stereocenters. The summed E-state index contributed by atoms with van der Waals surface area (Å²) >= 11 is 1.20. The number of thiophene rings is 1. The largest absolute Gasteiger partial charge is 0.494 e. The van der Waals surface area contributed by atoms with E-state index in [2.05, 4.69) is 5.32 Å². The number of anilines is 1. The third kappa shape index (κ3) is 3.05. The van der Waals surface area contributed by atoms with E-state index in [1.54, 1.807) is 11.4 Å². The molecule has 1 aromatic carbocycles. The van der Waals surface area contributed by atoms with Gasteiger partial charge in [-0.3, -0.25) is 18.7 Å². The van der Waals surface area contributed by atoms with Crippen LogP contribution < -0.4 is 21.3 Å². The van der Waals surface area contributed by atoms with E-state index in [-0.39, 0.29) is 18.0 Å². The van der Waals surface area contributed by atoms with E-state index in [1.807, 2.05) is 0 Å². The SMILES string of the molecule is COc1ccc(NC(=O)Cn2c(=O)n(C)c(=O)c3sccc32)cc1F. The van der Waals surface area contributed by atoms with Crippen LogP contribution in [0.2, 0.25) is 0 Å². The molecule has 3 rings (SSSR count). The monoisotopic (exact) mass is 363 g/mol. The van der Waals surface area contributed by atoms with Crippen LogP contribution in [0.5, 0.6) is 5.75 Å². The van der Waals surface area contributed by atoms with Crippen molar-refractivity contribution in [2.24, 2.45) is 7.05 Å². The van der Waals surface area contributed by atoms with Crippen molar-refractivity contribution < 1.29 is 13.9 Å². The molecule has 0 aliphatic rings. The number of rotatable bonds is 4. The van der Waals surface area contributed by atoms with Crippen LogP contribution >= 0.6 is 11.3 Å². The normalized spacial score (nSPS) is 10.8. The highest BCUT2D eigenvalue weighted by Crippen LogP contribution is 2.21. The van der Waals surface area contributed by atoms with Crippen LogP contribution in [-0.2, 0) is 18.4 Å². The first kappa shape index (κ1) is 16.9. The van der Waals surface area contributed by atoms with Gasteiger partial charge in [-0.25, -0.2) is 9.18 Å². The third-order valence-corrected chi connectivity index (χ3v) is 4.58. The second kappa shape index (κ2) is 6.52. The summed E-state index contributed by atoms with van der Waals surface area (Å²) in [5.74, 6) is -1.06. The lowest BCUT2D eigenvalue weighted by Crippen LogP contribution is -2.39. The van der Waals surface area contributed by atoms with Gasteiger partial charge in [0.25, 0.3) is 5.56 Å². The van der Waals surface area contributed by atoms with Crippen molar-refractivity contribution in [3.63, 3.8) is 0 Å². The van der Waals surface area contributed by atoms with Crippen molar-refractivity contribution in [3.8, 4) is 5.75 Å². The van der Waals surface area contributed by atoms with Crippen molar-refractivity contribution in [3.05, 3.63) is 56.3 Å². The minimum atomic E-state index is -0.611. The Labute approximate surface area is 144 Å². The van der Waals surface area contributed by atoms with Crippen LogP contribution in [-0.4, -0.2) is 22.2 Å². The second-order valence-electron chi connectivity index (χ2n) is 5.27. The summed E-state index contributed by atoms with van der Waals surface area (Å²) in [6.45, 7) is -0.298. The zero-order valence-electron chi connectivity index (χ0n) is 13.4. The molecule has 0 radical (unpaired) electrons. The summed E-state index contributed by atoms with van der Waals surface area (Å²) in [7, 11) is 2.70. The van der Waals surface area contributed by atoms with Gasteiger partial charge in [-0.05, 0) is 23.6 Å². The van der Waals surface area contributed by atoms with E-state index in [4.69, 9.17) is 4.74 Å². The van der Waals surface area contributed by atoms with Gasteiger partial charge in [0, 0.05) is 18.8 Å². The average molecular weight is 363 g/mol. The first-order valence-electron chi connectivity index (χ1n) is 7.23. The molecule has 0 unspecified atom stereocenters. The van der Waals surface area contributed by atoms with Gasteiger partial charge in [-0.2, -0.15) is 0 Å². The predicted molar refractivity (Wildman–Crippen MR) is 92.9 cm³/mol. The van der Waals surface area contributed by atoms with Gasteiger partial charge in [-0.1, -0.05) is 0 Å². The van der Waals surface area contributed by atoms with Gasteiger partial charge in [0.1, 0.15) is 11.2 Å². The summed E-state index contributed by atoms with van der Waals surface area (Å²) in [5.41, 5.74) is -0.354. The van der Waals surface area contributed by atoms with E-state index in [0.29, 0.717) is 10.2 Å². The number of aromatic nitrogens is 2. The van der Waals surface area contributed by atoms with E-state index in [0.717, 1.165) is 10.6 Å². The molecule has 2 heterocycles. The number of halogens is 1. The van der Waals surface area contributed by atoms with Gasteiger partial charge < -0.3 is 10.1 Å². The Morgan fingerprint density at radius 2 is 2.08 bits per heavy atom. The highest BCUT2D eigenvalue weighted by molar-refractivity contribution is 7.17. The minimum Gasteiger partial charge on any atom is -0.494 e. The maximum Gasteiger partial charge on any atom is 0.331 e. The molecule has 0 aliphatic heterocycles. The standard InChI is InChI=1S/C16H14FN3O4S/c1-19-15(22)14-11(5-6-25-14)20(16(19)23)8-13(21)18-9-3-4-12(24-2)10(17)7-9/h3-7H,8H2,1-2H3,(H,18,21).